The molecule has 46 heavy (non-hydrogen) atoms. The molecule has 1 aliphatic rings. The van der Waals surface area contributed by atoms with Gasteiger partial charge >= 0.3 is 0 Å². The van der Waals surface area contributed by atoms with Crippen molar-refractivity contribution in [3.63, 3.8) is 0 Å². The Kier molecular flexibility index (Phi) is 12.5. The van der Waals surface area contributed by atoms with Crippen molar-refractivity contribution in [2.75, 3.05) is 50.8 Å². The molecule has 3 N–H and O–H groups in total. The van der Waals surface area contributed by atoms with Crippen molar-refractivity contribution >= 4 is 45.7 Å². The number of hydrogen-bond donors (Lipinski definition) is 3. The van der Waals surface area contributed by atoms with Gasteiger partial charge in [0, 0.05) is 49.9 Å². The summed E-state index contributed by atoms with van der Waals surface area (Å²) in [5, 5.41) is 23.6. The third-order valence-corrected chi connectivity index (χ3v) is 9.48. The normalized spacial score (nSPS) is 14.5. The summed E-state index contributed by atoms with van der Waals surface area (Å²) in [6.45, 7) is 7.36. The van der Waals surface area contributed by atoms with Gasteiger partial charge in [0.05, 0.1) is 34.3 Å². The van der Waals surface area contributed by atoms with E-state index < -0.39 is 0 Å². The maximum atomic E-state index is 12.3. The molecule has 246 valence electrons. The van der Waals surface area contributed by atoms with Gasteiger partial charge in [-0.15, -0.1) is 0 Å². The molecule has 8 nitrogen and oxygen atoms in total. The Morgan fingerprint density at radius 2 is 1.67 bits per heavy atom. The number of aromatic nitrogens is 2. The van der Waals surface area contributed by atoms with Gasteiger partial charge in [-0.2, -0.15) is 0 Å². The minimum absolute atomic E-state index is 0.0177. The largest absolute Gasteiger partial charge is 0.395 e. The molecule has 0 amide bonds. The average molecular weight is 667 g/mol. The van der Waals surface area contributed by atoms with Crippen molar-refractivity contribution in [1.82, 2.24) is 19.8 Å². The van der Waals surface area contributed by atoms with Crippen LogP contribution in [0.1, 0.15) is 56.2 Å². The zero-order chi connectivity index (χ0) is 32.5. The Morgan fingerprint density at radius 3 is 2.35 bits per heavy atom. The highest BCUT2D eigenvalue weighted by Crippen LogP contribution is 2.30. The molecule has 10 heteroatoms. The van der Waals surface area contributed by atoms with E-state index in [0.717, 1.165) is 58.7 Å². The minimum atomic E-state index is -0.188. The van der Waals surface area contributed by atoms with E-state index in [9.17, 15) is 15.0 Å². The highest BCUT2D eigenvalue weighted by atomic mass is 35.5. The molecule has 4 aromatic rings. The van der Waals surface area contributed by atoms with Crippen LogP contribution in [-0.2, 0) is 17.9 Å². The molecule has 5 rings (SSSR count). The summed E-state index contributed by atoms with van der Waals surface area (Å²) in [7, 11) is 0. The van der Waals surface area contributed by atoms with Crippen LogP contribution in [0.15, 0.2) is 60.7 Å². The van der Waals surface area contributed by atoms with Gasteiger partial charge in [0.1, 0.15) is 11.6 Å². The van der Waals surface area contributed by atoms with E-state index in [2.05, 4.69) is 45.1 Å². The number of Topliss-reactive ketones (excluding diaryl/α,β-unsaturated/α-hetero) is 1. The molecule has 0 saturated carbocycles. The average Bonchev–Trinajstić information content (AvgIpc) is 3.42. The van der Waals surface area contributed by atoms with Crippen LogP contribution in [0, 0.1) is 0 Å². The molecule has 1 fully saturated rings. The Labute approximate surface area is 281 Å². The van der Waals surface area contributed by atoms with Crippen molar-refractivity contribution in [2.45, 2.75) is 58.2 Å². The van der Waals surface area contributed by atoms with Crippen molar-refractivity contribution in [2.24, 2.45) is 0 Å². The van der Waals surface area contributed by atoms with Crippen LogP contribution in [-0.4, -0.2) is 76.4 Å². The van der Waals surface area contributed by atoms with E-state index in [4.69, 9.17) is 28.2 Å². The predicted octanol–water partition coefficient (Wildman–Crippen LogP) is 6.49. The number of nitrogens with zero attached hydrogens (tertiary/aromatic N) is 4. The number of aliphatic hydroxyl groups excluding tert-OH is 2. The van der Waals surface area contributed by atoms with E-state index in [0.29, 0.717) is 36.1 Å². The first kappa shape index (κ1) is 34.4. The summed E-state index contributed by atoms with van der Waals surface area (Å²) in [4.78, 5) is 22.0. The highest BCUT2D eigenvalue weighted by molar-refractivity contribution is 6.42. The lowest BCUT2D eigenvalue weighted by atomic mass is 10.0. The number of halogens is 2. The molecule has 1 saturated heterocycles. The number of nitrogens with one attached hydrogen (secondary N) is 1. The lowest BCUT2D eigenvalue weighted by Crippen LogP contribution is -2.31. The van der Waals surface area contributed by atoms with Gasteiger partial charge in [-0.25, -0.2) is 4.98 Å². The van der Waals surface area contributed by atoms with Crippen LogP contribution < -0.4 is 10.2 Å². The molecular weight excluding hydrogens is 621 g/mol. The Morgan fingerprint density at radius 1 is 0.935 bits per heavy atom. The van der Waals surface area contributed by atoms with Crippen LogP contribution in [0.2, 0.25) is 10.0 Å². The highest BCUT2D eigenvalue weighted by Gasteiger charge is 2.19. The van der Waals surface area contributed by atoms with Crippen LogP contribution in [0.5, 0.6) is 0 Å². The molecule has 1 atom stereocenters. The number of anilines is 1. The molecule has 0 aliphatic carbocycles. The van der Waals surface area contributed by atoms with Crippen molar-refractivity contribution in [1.29, 1.82) is 0 Å². The van der Waals surface area contributed by atoms with Crippen molar-refractivity contribution in [3.05, 3.63) is 81.8 Å². The maximum absolute atomic E-state index is 12.3. The topological polar surface area (TPSA) is 93.9 Å². The van der Waals surface area contributed by atoms with E-state index >= 15 is 0 Å². The number of ketones is 1. The number of aliphatic hydroxyl groups is 2. The molecule has 0 radical (unpaired) electrons. The van der Waals surface area contributed by atoms with E-state index in [1.165, 1.54) is 32.4 Å². The molecule has 1 aromatic heterocycles. The number of rotatable bonds is 16. The second kappa shape index (κ2) is 16.7. The molecular formula is C36H45Cl2N5O3. The van der Waals surface area contributed by atoms with Gasteiger partial charge in [0.2, 0.25) is 0 Å². The van der Waals surface area contributed by atoms with Crippen LogP contribution in [0.4, 0.5) is 5.69 Å². The molecule has 0 bridgehead atoms. The van der Waals surface area contributed by atoms with Gasteiger partial charge in [-0.1, -0.05) is 41.8 Å². The lowest BCUT2D eigenvalue weighted by Gasteiger charge is -2.26. The fraction of sp³-hybridized carbons (Fsp3) is 0.444. The van der Waals surface area contributed by atoms with Crippen LogP contribution in [0.25, 0.3) is 22.4 Å². The third-order valence-electron chi connectivity index (χ3n) is 8.74. The first-order valence-corrected chi connectivity index (χ1v) is 17.1. The quantitative estimate of drug-likeness (QED) is 0.126. The molecule has 1 aliphatic heterocycles. The molecule has 3 aromatic carbocycles. The number of piperidine rings is 1. The van der Waals surface area contributed by atoms with Gasteiger partial charge < -0.3 is 29.9 Å². The zero-order valence-electron chi connectivity index (χ0n) is 26.6. The van der Waals surface area contributed by atoms with Crippen molar-refractivity contribution in [3.8, 4) is 11.4 Å². The number of carbonyl (C=O) groups is 1. The number of fused-ring (bicyclic) bond motifs is 1. The fourth-order valence-electron chi connectivity index (χ4n) is 6.36. The Hall–Kier alpha value is -2.98. The van der Waals surface area contributed by atoms with Crippen LogP contribution in [0.3, 0.4) is 0 Å². The van der Waals surface area contributed by atoms with Gasteiger partial charge in [0.15, 0.2) is 0 Å². The summed E-state index contributed by atoms with van der Waals surface area (Å²) in [6, 6.07) is 19.9. The number of imidazole rings is 1. The summed E-state index contributed by atoms with van der Waals surface area (Å²) in [5.41, 5.74) is 5.90. The Balaban J connectivity index is 1.44. The third kappa shape index (κ3) is 8.88. The van der Waals surface area contributed by atoms with Gasteiger partial charge in [0.25, 0.3) is 0 Å². The van der Waals surface area contributed by atoms with E-state index in [-0.39, 0.29) is 25.0 Å². The predicted molar refractivity (Wildman–Crippen MR) is 188 cm³/mol. The summed E-state index contributed by atoms with van der Waals surface area (Å²) < 4.78 is 2.32. The van der Waals surface area contributed by atoms with Crippen molar-refractivity contribution < 1.29 is 15.0 Å². The SMILES string of the molecule is CC(=O)CC(NCc1ccc(Cl)c(Cl)c1)c1ccc2c(c1)nc(-c1ccc(N(CCO)CCO)cc1)n2CCCN1CCCCC1. The first-order chi connectivity index (χ1) is 22.4. The van der Waals surface area contributed by atoms with E-state index in [1.807, 2.05) is 29.2 Å². The smallest absolute Gasteiger partial charge is 0.141 e. The summed E-state index contributed by atoms with van der Waals surface area (Å²) >= 11 is 12.4. The number of benzene rings is 3. The monoisotopic (exact) mass is 665 g/mol. The maximum Gasteiger partial charge on any atom is 0.141 e. The van der Waals surface area contributed by atoms with Crippen LogP contribution >= 0.6 is 23.2 Å². The number of likely N-dealkylation sites (tertiary alicyclic amines) is 1. The standard InChI is InChI=1S/C36H45Cl2N5O3/c1-26(46)22-33(39-25-27-6-12-31(37)32(38)23-27)29-9-13-35-34(24-29)40-36(43(35)17-5-16-41-14-3-2-4-15-41)28-7-10-30(11-8-28)42(18-20-44)19-21-45/h6-13,23-24,33,39,44-45H,2-5,14-22,25H2,1H3. The lowest BCUT2D eigenvalue weighted by molar-refractivity contribution is -0.117. The Bertz CT molecular complexity index is 1580. The molecule has 0 spiro atoms. The molecule has 2 heterocycles. The summed E-state index contributed by atoms with van der Waals surface area (Å²) in [5.74, 6) is 1.01. The molecule has 1 unspecified atom stereocenters. The minimum Gasteiger partial charge on any atom is -0.395 e. The van der Waals surface area contributed by atoms with Gasteiger partial charge in [-0.3, -0.25) is 4.79 Å². The summed E-state index contributed by atoms with van der Waals surface area (Å²) in [6.07, 6.45) is 5.26. The number of aryl methyl sites for hydroxylation is 1. The second-order valence-electron chi connectivity index (χ2n) is 12.2. The second-order valence-corrected chi connectivity index (χ2v) is 13.0. The number of hydrogen-bond acceptors (Lipinski definition) is 7. The zero-order valence-corrected chi connectivity index (χ0v) is 28.1. The first-order valence-electron chi connectivity index (χ1n) is 16.3. The van der Waals surface area contributed by atoms with Gasteiger partial charge in [-0.05, 0) is 105 Å². The van der Waals surface area contributed by atoms with E-state index in [1.54, 1.807) is 13.0 Å². The fourth-order valence-corrected chi connectivity index (χ4v) is 6.69. The number of carbonyl (C=O) groups excluding carboxylic acids is 1.